The van der Waals surface area contributed by atoms with Crippen LogP contribution in [-0.2, 0) is 6.54 Å². The van der Waals surface area contributed by atoms with Crippen LogP contribution in [0.3, 0.4) is 0 Å². The molecule has 0 spiro atoms. The molecule has 0 aromatic heterocycles. The molecule has 0 amide bonds. The first-order valence-corrected chi connectivity index (χ1v) is 6.32. The fraction of sp³-hybridized carbons (Fsp3) is 0.571. The lowest BCUT2D eigenvalue weighted by Gasteiger charge is -2.18. The van der Waals surface area contributed by atoms with Gasteiger partial charge < -0.3 is 10.2 Å². The van der Waals surface area contributed by atoms with Crippen molar-refractivity contribution < 1.29 is 0 Å². The summed E-state index contributed by atoms with van der Waals surface area (Å²) in [5.74, 6) is 0.900. The molecule has 2 heteroatoms. The molecule has 0 saturated carbocycles. The van der Waals surface area contributed by atoms with Gasteiger partial charge in [0.2, 0.25) is 0 Å². The maximum Gasteiger partial charge on any atom is 0.0366 e. The monoisotopic (exact) mass is 218 g/mol. The average Bonchev–Trinajstić information content (AvgIpc) is 2.79. The number of hydrogen-bond donors (Lipinski definition) is 1. The third kappa shape index (κ3) is 2.56. The van der Waals surface area contributed by atoms with Crippen LogP contribution in [0.15, 0.2) is 24.3 Å². The second kappa shape index (κ2) is 5.35. The van der Waals surface area contributed by atoms with E-state index < -0.39 is 0 Å². The molecule has 16 heavy (non-hydrogen) atoms. The molecule has 1 aromatic carbocycles. The summed E-state index contributed by atoms with van der Waals surface area (Å²) in [6.45, 7) is 5.72. The summed E-state index contributed by atoms with van der Waals surface area (Å²) in [6, 6.07) is 8.96. The highest BCUT2D eigenvalue weighted by Gasteiger charge is 2.20. The van der Waals surface area contributed by atoms with Crippen LogP contribution in [0, 0.1) is 5.92 Å². The van der Waals surface area contributed by atoms with Crippen LogP contribution in [0.4, 0.5) is 5.69 Å². The summed E-state index contributed by atoms with van der Waals surface area (Å²) >= 11 is 0. The second-order valence-electron chi connectivity index (χ2n) is 4.71. The zero-order valence-electron chi connectivity index (χ0n) is 10.4. The Labute approximate surface area is 98.7 Å². The molecule has 1 atom stereocenters. The van der Waals surface area contributed by atoms with Crippen LogP contribution in [0.25, 0.3) is 0 Å². The van der Waals surface area contributed by atoms with Gasteiger partial charge in [0.1, 0.15) is 0 Å². The van der Waals surface area contributed by atoms with Crippen molar-refractivity contribution in [1.82, 2.24) is 5.32 Å². The Bertz CT molecular complexity index is 318. The van der Waals surface area contributed by atoms with Gasteiger partial charge in [0.25, 0.3) is 0 Å². The third-order valence-electron chi connectivity index (χ3n) is 3.55. The topological polar surface area (TPSA) is 15.3 Å². The Kier molecular flexibility index (Phi) is 3.83. The molecule has 88 valence electrons. The molecule has 1 heterocycles. The molecule has 1 saturated heterocycles. The Balaban J connectivity index is 1.99. The summed E-state index contributed by atoms with van der Waals surface area (Å²) in [6.07, 6.45) is 2.67. The van der Waals surface area contributed by atoms with E-state index in [0.717, 1.165) is 12.5 Å². The van der Waals surface area contributed by atoms with Gasteiger partial charge in [-0.25, -0.2) is 0 Å². The number of nitrogens with one attached hydrogen (secondary N) is 1. The van der Waals surface area contributed by atoms with Gasteiger partial charge in [-0.1, -0.05) is 25.5 Å². The molecule has 1 aliphatic heterocycles. The van der Waals surface area contributed by atoms with Crippen molar-refractivity contribution in [1.29, 1.82) is 0 Å². The smallest absolute Gasteiger partial charge is 0.0366 e. The highest BCUT2D eigenvalue weighted by molar-refractivity contribution is 5.48. The van der Waals surface area contributed by atoms with Crippen LogP contribution in [0.5, 0.6) is 0 Å². The lowest BCUT2D eigenvalue weighted by molar-refractivity contribution is 0.569. The van der Waals surface area contributed by atoms with Crippen molar-refractivity contribution in [2.45, 2.75) is 26.3 Å². The zero-order chi connectivity index (χ0) is 11.4. The Morgan fingerprint density at radius 1 is 1.31 bits per heavy atom. The summed E-state index contributed by atoms with van der Waals surface area (Å²) in [7, 11) is 1.99. The van der Waals surface area contributed by atoms with Gasteiger partial charge in [-0.2, -0.15) is 0 Å². The third-order valence-corrected chi connectivity index (χ3v) is 3.55. The van der Waals surface area contributed by atoms with E-state index in [4.69, 9.17) is 0 Å². The van der Waals surface area contributed by atoms with Gasteiger partial charge in [-0.05, 0) is 37.1 Å². The minimum absolute atomic E-state index is 0.900. The van der Waals surface area contributed by atoms with Crippen molar-refractivity contribution in [3.63, 3.8) is 0 Å². The summed E-state index contributed by atoms with van der Waals surface area (Å²) in [4.78, 5) is 2.51. The van der Waals surface area contributed by atoms with Gasteiger partial charge >= 0.3 is 0 Å². The molecule has 0 radical (unpaired) electrons. The largest absolute Gasteiger partial charge is 0.371 e. The number of hydrogen-bond acceptors (Lipinski definition) is 2. The second-order valence-corrected chi connectivity index (χ2v) is 4.71. The fourth-order valence-corrected chi connectivity index (χ4v) is 2.43. The summed E-state index contributed by atoms with van der Waals surface area (Å²) in [5, 5.41) is 3.18. The van der Waals surface area contributed by atoms with Gasteiger partial charge in [0.15, 0.2) is 0 Å². The van der Waals surface area contributed by atoms with E-state index in [1.165, 1.54) is 37.2 Å². The summed E-state index contributed by atoms with van der Waals surface area (Å²) in [5.41, 5.74) is 2.74. The van der Waals surface area contributed by atoms with Crippen molar-refractivity contribution in [2.75, 3.05) is 25.0 Å². The maximum atomic E-state index is 3.18. The van der Waals surface area contributed by atoms with E-state index in [1.54, 1.807) is 0 Å². The molecule has 1 N–H and O–H groups in total. The molecule has 0 bridgehead atoms. The lowest BCUT2D eigenvalue weighted by Crippen LogP contribution is -2.19. The van der Waals surface area contributed by atoms with Crippen molar-refractivity contribution in [3.05, 3.63) is 29.8 Å². The maximum absolute atomic E-state index is 3.18. The van der Waals surface area contributed by atoms with E-state index in [2.05, 4.69) is 41.4 Å². The van der Waals surface area contributed by atoms with E-state index >= 15 is 0 Å². The van der Waals surface area contributed by atoms with Crippen LogP contribution in [0.1, 0.15) is 25.3 Å². The molecular weight excluding hydrogens is 196 g/mol. The first-order chi connectivity index (χ1) is 7.83. The number of nitrogens with zero attached hydrogens (tertiary/aromatic N) is 1. The molecule has 1 aliphatic rings. The average molecular weight is 218 g/mol. The molecular formula is C14H22N2. The summed E-state index contributed by atoms with van der Waals surface area (Å²) < 4.78 is 0. The van der Waals surface area contributed by atoms with Crippen molar-refractivity contribution in [2.24, 2.45) is 5.92 Å². The standard InChI is InChI=1S/C14H22N2/c1-3-12-8-9-16(11-12)14-6-4-13(5-7-14)10-15-2/h4-7,12,15H,3,8-11H2,1-2H3. The fourth-order valence-electron chi connectivity index (χ4n) is 2.43. The molecule has 1 fully saturated rings. The van der Waals surface area contributed by atoms with E-state index in [9.17, 15) is 0 Å². The van der Waals surface area contributed by atoms with Gasteiger partial charge in [0.05, 0.1) is 0 Å². The number of benzene rings is 1. The van der Waals surface area contributed by atoms with Gasteiger partial charge in [-0.3, -0.25) is 0 Å². The predicted molar refractivity (Wildman–Crippen MR) is 69.8 cm³/mol. The van der Waals surface area contributed by atoms with Crippen LogP contribution in [-0.4, -0.2) is 20.1 Å². The molecule has 1 unspecified atom stereocenters. The first kappa shape index (κ1) is 11.5. The van der Waals surface area contributed by atoms with Crippen molar-refractivity contribution in [3.8, 4) is 0 Å². The van der Waals surface area contributed by atoms with Crippen LogP contribution < -0.4 is 10.2 Å². The quantitative estimate of drug-likeness (QED) is 0.836. The van der Waals surface area contributed by atoms with Crippen LogP contribution in [0.2, 0.25) is 0 Å². The molecule has 2 nitrogen and oxygen atoms in total. The Morgan fingerprint density at radius 3 is 2.62 bits per heavy atom. The molecule has 1 aromatic rings. The Morgan fingerprint density at radius 2 is 2.06 bits per heavy atom. The van der Waals surface area contributed by atoms with E-state index in [0.29, 0.717) is 0 Å². The normalized spacial score (nSPS) is 20.4. The number of anilines is 1. The minimum Gasteiger partial charge on any atom is -0.371 e. The van der Waals surface area contributed by atoms with Crippen molar-refractivity contribution >= 4 is 5.69 Å². The Hall–Kier alpha value is -1.02. The van der Waals surface area contributed by atoms with E-state index in [1.807, 2.05) is 7.05 Å². The minimum atomic E-state index is 0.900. The SMILES string of the molecule is CCC1CCN(c2ccc(CNC)cc2)C1. The van der Waals surface area contributed by atoms with Gasteiger partial charge in [-0.15, -0.1) is 0 Å². The lowest BCUT2D eigenvalue weighted by atomic mass is 10.1. The zero-order valence-corrected chi connectivity index (χ0v) is 10.4. The highest BCUT2D eigenvalue weighted by atomic mass is 15.1. The molecule has 2 rings (SSSR count). The highest BCUT2D eigenvalue weighted by Crippen LogP contribution is 2.25. The van der Waals surface area contributed by atoms with E-state index in [-0.39, 0.29) is 0 Å². The van der Waals surface area contributed by atoms with Gasteiger partial charge in [0, 0.05) is 25.3 Å². The predicted octanol–water partition coefficient (Wildman–Crippen LogP) is 2.64. The molecule has 0 aliphatic carbocycles. The van der Waals surface area contributed by atoms with Crippen LogP contribution >= 0.6 is 0 Å². The number of rotatable bonds is 4. The first-order valence-electron chi connectivity index (χ1n) is 6.32.